The first-order valence-corrected chi connectivity index (χ1v) is 26.0. The van der Waals surface area contributed by atoms with Crippen molar-refractivity contribution in [1.82, 2.24) is 105 Å². The summed E-state index contributed by atoms with van der Waals surface area (Å²) in [6, 6.07) is 33.6. The van der Waals surface area contributed by atoms with E-state index in [9.17, 15) is 39.5 Å². The number of nitrogens with zero attached hydrogens (tertiary/aromatic N) is 21. The molecule has 478 valence electrons. The van der Waals surface area contributed by atoms with Gasteiger partial charge in [-0.05, 0) is 101 Å². The maximum absolute atomic E-state index is 12.2. The maximum Gasteiger partial charge on any atom is 2.00 e. The number of imidazole rings is 3. The van der Waals surface area contributed by atoms with Crippen LogP contribution in [-0.2, 0) is 88.8 Å². The molecule has 0 amide bonds. The van der Waals surface area contributed by atoms with E-state index in [0.29, 0.717) is 23.1 Å². The fraction of sp³-hybridized carbons (Fsp3) is 0.172. The topological polar surface area (TPSA) is 254 Å². The van der Waals surface area contributed by atoms with Crippen LogP contribution < -0.4 is 30.6 Å². The third kappa shape index (κ3) is 20.5. The van der Waals surface area contributed by atoms with Crippen LogP contribution in [0, 0.1) is 20.8 Å². The van der Waals surface area contributed by atoms with E-state index in [1.54, 1.807) is 73.2 Å². The Morgan fingerprint density at radius 3 is 1.03 bits per heavy atom. The molecule has 0 radical (unpaired) electrons. The number of pyridine rings is 3. The standard InChI is InChI=1S/C13H11N4.C10H13N4.3C9H5F3N3.C8H9N4.3Pt/c1-10-9-12(16-15-10)13-14-7-8-17(13)11-5-3-2-4-6-11;1-7(2)14-5-4-11-10(14)9-6-8(3)12-13-9;3*10-9(11,12)8-5-7(14-15-8)6-3-1-2-4-13-6;1-6-5-7(11-10-6)8-9-3-4-12(8)2;;;/h2-9H,1H3;4-7H,1-3H3;3*1-5H;3-5H,1-2H3;;;/q6*-1;3*+2. The van der Waals surface area contributed by atoms with Crippen LogP contribution >= 0.6 is 0 Å². The van der Waals surface area contributed by atoms with Gasteiger partial charge >= 0.3 is 81.7 Å². The Labute approximate surface area is 555 Å². The first-order valence-electron chi connectivity index (χ1n) is 26.0. The Morgan fingerprint density at radius 2 is 0.703 bits per heavy atom. The zero-order chi connectivity index (χ0) is 63.0. The van der Waals surface area contributed by atoms with Crippen LogP contribution in [0.5, 0.6) is 0 Å². The number of hydrogen-bond donors (Lipinski definition) is 0. The zero-order valence-electron chi connectivity index (χ0n) is 48.1. The van der Waals surface area contributed by atoms with Gasteiger partial charge in [0, 0.05) is 109 Å². The fourth-order valence-electron chi connectivity index (χ4n) is 7.54. The van der Waals surface area contributed by atoms with Crippen molar-refractivity contribution in [1.29, 1.82) is 0 Å². The number of hydrogen-bond acceptors (Lipinski definition) is 12. The molecule has 0 atom stereocenters. The van der Waals surface area contributed by atoms with Crippen molar-refractivity contribution in [3.8, 4) is 74.4 Å². The zero-order valence-corrected chi connectivity index (χ0v) is 54.9. The largest absolute Gasteiger partial charge is 2.00 e. The van der Waals surface area contributed by atoms with Crippen molar-refractivity contribution in [2.75, 3.05) is 0 Å². The molecule has 0 aliphatic rings. The summed E-state index contributed by atoms with van der Waals surface area (Å²) in [4.78, 5) is 24.4. The molecule has 0 unspecified atom stereocenters. The van der Waals surface area contributed by atoms with Crippen molar-refractivity contribution in [2.24, 2.45) is 7.05 Å². The molecule has 0 N–H and O–H groups in total. The summed E-state index contributed by atoms with van der Waals surface area (Å²) in [5.74, 6) is 2.56. The molecule has 91 heavy (non-hydrogen) atoms. The monoisotopic (exact) mass is 1790 g/mol. The number of aromatic nitrogens is 21. The second-order valence-electron chi connectivity index (χ2n) is 18.7. The Kier molecular flexibility index (Phi) is 26.5. The molecular weight excluding hydrogens is 1750 g/mol. The molecule has 13 aromatic rings. The minimum absolute atomic E-state index is 0. The molecular formula is C58H48F9N21Pt3. The van der Waals surface area contributed by atoms with E-state index in [0.717, 1.165) is 75.5 Å². The first kappa shape index (κ1) is 72.7. The Hall–Kier alpha value is -9.01. The number of para-hydroxylation sites is 1. The number of halogens is 9. The first-order chi connectivity index (χ1) is 42.0. The van der Waals surface area contributed by atoms with E-state index < -0.39 is 35.6 Å². The third-order valence-electron chi connectivity index (χ3n) is 11.7. The molecule has 1 aromatic carbocycles. The molecule has 0 bridgehead atoms. The third-order valence-corrected chi connectivity index (χ3v) is 11.7. The van der Waals surface area contributed by atoms with Gasteiger partial charge in [0.25, 0.3) is 0 Å². The van der Waals surface area contributed by atoms with Gasteiger partial charge in [0.15, 0.2) is 0 Å². The Balaban J connectivity index is 0.000000198. The van der Waals surface area contributed by atoms with Gasteiger partial charge in [-0.3, -0.25) is 15.0 Å². The molecule has 0 aliphatic heterocycles. The second kappa shape index (κ2) is 33.2. The maximum atomic E-state index is 12.2. The molecule has 0 saturated carbocycles. The van der Waals surface area contributed by atoms with E-state index in [1.165, 1.54) is 18.6 Å². The predicted molar refractivity (Wildman–Crippen MR) is 301 cm³/mol. The van der Waals surface area contributed by atoms with Gasteiger partial charge in [-0.2, -0.15) is 39.5 Å². The van der Waals surface area contributed by atoms with Gasteiger partial charge in [0.05, 0.1) is 0 Å². The molecule has 21 nitrogen and oxygen atoms in total. The van der Waals surface area contributed by atoms with Crippen LogP contribution in [-0.4, -0.2) is 74.2 Å². The van der Waals surface area contributed by atoms with Crippen molar-refractivity contribution in [3.63, 3.8) is 0 Å². The molecule has 12 heterocycles. The Bertz CT molecular complexity index is 3970. The summed E-state index contributed by atoms with van der Waals surface area (Å²) in [7, 11) is 1.94. The minimum Gasteiger partial charge on any atom is -0.573 e. The van der Waals surface area contributed by atoms with Gasteiger partial charge < -0.3 is 74.9 Å². The summed E-state index contributed by atoms with van der Waals surface area (Å²) >= 11 is 0. The van der Waals surface area contributed by atoms with Crippen LogP contribution in [0.25, 0.3) is 74.4 Å². The number of benzene rings is 1. The summed E-state index contributed by atoms with van der Waals surface area (Å²) in [5, 5.41) is 43.5. The number of aryl methyl sites for hydroxylation is 4. The Morgan fingerprint density at radius 1 is 0.363 bits per heavy atom. The van der Waals surface area contributed by atoms with Crippen molar-refractivity contribution < 1.29 is 103 Å². The fourth-order valence-corrected chi connectivity index (χ4v) is 7.54. The molecule has 0 aliphatic carbocycles. The quantitative estimate of drug-likeness (QED) is 0.128. The smallest absolute Gasteiger partial charge is 0.573 e. The summed E-state index contributed by atoms with van der Waals surface area (Å²) < 4.78 is 116. The predicted octanol–water partition coefficient (Wildman–Crippen LogP) is 11.1. The van der Waals surface area contributed by atoms with Crippen molar-refractivity contribution in [2.45, 2.75) is 59.2 Å². The van der Waals surface area contributed by atoms with E-state index in [4.69, 9.17) is 0 Å². The van der Waals surface area contributed by atoms with Gasteiger partial charge in [-0.1, -0.05) is 88.8 Å². The second-order valence-corrected chi connectivity index (χ2v) is 18.7. The van der Waals surface area contributed by atoms with Crippen LogP contribution in [0.15, 0.2) is 177 Å². The van der Waals surface area contributed by atoms with Crippen molar-refractivity contribution in [3.05, 3.63) is 211 Å². The van der Waals surface area contributed by atoms with Crippen LogP contribution in [0.1, 0.15) is 54.1 Å². The minimum atomic E-state index is -4.46. The number of rotatable bonds is 8. The average molecular weight is 1800 g/mol. The molecule has 33 heteroatoms. The van der Waals surface area contributed by atoms with Gasteiger partial charge in [-0.25, -0.2) is 15.0 Å². The summed E-state index contributed by atoms with van der Waals surface area (Å²) in [6.45, 7) is 10.0. The molecule has 0 fully saturated rings. The van der Waals surface area contributed by atoms with E-state index >= 15 is 0 Å². The normalized spacial score (nSPS) is 10.9. The number of alkyl halides is 9. The van der Waals surface area contributed by atoms with E-state index in [-0.39, 0.29) is 80.3 Å². The van der Waals surface area contributed by atoms with E-state index in [2.05, 4.69) is 110 Å². The van der Waals surface area contributed by atoms with Crippen molar-refractivity contribution >= 4 is 0 Å². The van der Waals surface area contributed by atoms with E-state index in [1.807, 2.05) is 104 Å². The van der Waals surface area contributed by atoms with Crippen LogP contribution in [0.2, 0.25) is 0 Å². The average Bonchev–Trinajstić information content (AvgIpc) is 4.29. The molecule has 13 rings (SSSR count). The van der Waals surface area contributed by atoms with Gasteiger partial charge in [-0.15, -0.1) is 0 Å². The van der Waals surface area contributed by atoms with Gasteiger partial charge in [0.1, 0.15) is 34.6 Å². The molecule has 12 aromatic heterocycles. The summed E-state index contributed by atoms with van der Waals surface area (Å²) in [6.07, 6.45) is 2.16. The van der Waals surface area contributed by atoms with Gasteiger partial charge in [0.2, 0.25) is 0 Å². The van der Waals surface area contributed by atoms with Crippen LogP contribution in [0.3, 0.4) is 0 Å². The SMILES string of the molecule is Cc1cc(-c2nccn2-c2ccccc2)[n-]n1.Cc1cc(-c2nccn2C(C)C)[n-]n1.Cc1cc(-c2nccn2C)[n-]n1.FC(F)(F)c1cc(-c2ccccn2)[n-]n1.FC(F)(F)c1cc(-c2ccccn2)[n-]n1.FC(F)(F)c1cc(-c2ccccn2)[n-]n1.[Pt+2].[Pt+2].[Pt+2]. The molecule has 0 spiro atoms. The molecule has 0 saturated heterocycles. The summed E-state index contributed by atoms with van der Waals surface area (Å²) in [5.41, 5.74) is 4.83. The van der Waals surface area contributed by atoms with Crippen LogP contribution in [0.4, 0.5) is 39.5 Å².